The summed E-state index contributed by atoms with van der Waals surface area (Å²) in [6.07, 6.45) is 2.85. The standard InChI is InChI=1S/C17H21BN2O5/c1-3-17(22)20(4-2)10-16(21)19-15(18(23)24)9-12-11-25-14-8-6-5-7-13(12)14/h3,5-8,11,15,23-24H,1,4,9-10H2,2H3,(H,19,21). The van der Waals surface area contributed by atoms with Crippen LogP contribution in [0.25, 0.3) is 11.0 Å². The number of benzene rings is 1. The largest absolute Gasteiger partial charge is 0.475 e. The topological polar surface area (TPSA) is 103 Å². The molecule has 1 aromatic carbocycles. The first-order chi connectivity index (χ1) is 12.0. The molecule has 0 fully saturated rings. The van der Waals surface area contributed by atoms with Crippen LogP contribution in [0.15, 0.2) is 47.6 Å². The second kappa shape index (κ2) is 8.50. The molecular formula is C17H21BN2O5. The number of amides is 2. The van der Waals surface area contributed by atoms with Gasteiger partial charge in [-0.25, -0.2) is 0 Å². The van der Waals surface area contributed by atoms with Crippen molar-refractivity contribution in [3.8, 4) is 0 Å². The van der Waals surface area contributed by atoms with Crippen molar-refractivity contribution in [1.82, 2.24) is 10.2 Å². The molecule has 2 rings (SSSR count). The molecule has 7 nitrogen and oxygen atoms in total. The Labute approximate surface area is 146 Å². The van der Waals surface area contributed by atoms with E-state index < -0.39 is 19.0 Å². The quantitative estimate of drug-likeness (QED) is 0.478. The highest BCUT2D eigenvalue weighted by molar-refractivity contribution is 6.43. The molecule has 1 unspecified atom stereocenters. The normalized spacial score (nSPS) is 11.8. The molecule has 3 N–H and O–H groups in total. The molecule has 8 heteroatoms. The third-order valence-electron chi connectivity index (χ3n) is 3.91. The second-order valence-corrected chi connectivity index (χ2v) is 5.61. The van der Waals surface area contributed by atoms with Crippen molar-refractivity contribution in [2.75, 3.05) is 13.1 Å². The minimum Gasteiger partial charge on any atom is -0.464 e. The molecule has 0 radical (unpaired) electrons. The minimum absolute atomic E-state index is 0.182. The molecule has 132 valence electrons. The molecule has 25 heavy (non-hydrogen) atoms. The Balaban J connectivity index is 2.07. The van der Waals surface area contributed by atoms with Gasteiger partial charge in [-0.05, 0) is 31.1 Å². The molecule has 0 bridgehead atoms. The van der Waals surface area contributed by atoms with E-state index in [1.807, 2.05) is 24.3 Å². The van der Waals surface area contributed by atoms with Gasteiger partial charge >= 0.3 is 7.12 Å². The van der Waals surface area contributed by atoms with E-state index in [-0.39, 0.29) is 18.9 Å². The Kier molecular flexibility index (Phi) is 6.38. The van der Waals surface area contributed by atoms with Crippen LogP contribution in [0.5, 0.6) is 0 Å². The van der Waals surface area contributed by atoms with Gasteiger partial charge in [0.15, 0.2) is 0 Å². The first-order valence-corrected chi connectivity index (χ1v) is 7.98. The zero-order valence-electron chi connectivity index (χ0n) is 14.0. The molecule has 0 aliphatic rings. The molecular weight excluding hydrogens is 323 g/mol. The van der Waals surface area contributed by atoms with Gasteiger partial charge in [0.2, 0.25) is 11.8 Å². The number of carbonyl (C=O) groups is 2. The van der Waals surface area contributed by atoms with E-state index in [0.29, 0.717) is 12.1 Å². The highest BCUT2D eigenvalue weighted by atomic mass is 16.4. The van der Waals surface area contributed by atoms with Crippen LogP contribution in [0, 0.1) is 0 Å². The molecule has 1 atom stereocenters. The maximum absolute atomic E-state index is 12.2. The molecule has 0 aliphatic heterocycles. The van der Waals surface area contributed by atoms with Gasteiger partial charge in [-0.1, -0.05) is 24.8 Å². The van der Waals surface area contributed by atoms with E-state index in [0.717, 1.165) is 17.0 Å². The number of nitrogens with one attached hydrogen (secondary N) is 1. The van der Waals surface area contributed by atoms with Crippen LogP contribution >= 0.6 is 0 Å². The highest BCUT2D eigenvalue weighted by Gasteiger charge is 2.27. The molecule has 0 saturated heterocycles. The smallest absolute Gasteiger partial charge is 0.464 e. The number of fused-ring (bicyclic) bond motifs is 1. The van der Waals surface area contributed by atoms with Crippen molar-refractivity contribution in [2.24, 2.45) is 0 Å². The van der Waals surface area contributed by atoms with E-state index in [2.05, 4.69) is 11.9 Å². The van der Waals surface area contributed by atoms with E-state index in [9.17, 15) is 19.6 Å². The molecule has 1 heterocycles. The van der Waals surface area contributed by atoms with Gasteiger partial charge in [0, 0.05) is 11.9 Å². The third kappa shape index (κ3) is 4.71. The summed E-state index contributed by atoms with van der Waals surface area (Å²) in [6.45, 7) is 5.29. The maximum atomic E-state index is 12.2. The number of rotatable bonds is 8. The van der Waals surface area contributed by atoms with Crippen LogP contribution in [0.3, 0.4) is 0 Å². The summed E-state index contributed by atoms with van der Waals surface area (Å²) in [5, 5.41) is 22.6. The third-order valence-corrected chi connectivity index (χ3v) is 3.91. The predicted octanol–water partition coefficient (Wildman–Crippen LogP) is 0.507. The lowest BCUT2D eigenvalue weighted by Crippen LogP contribution is -2.51. The summed E-state index contributed by atoms with van der Waals surface area (Å²) in [7, 11) is -1.75. The number of nitrogens with zero attached hydrogens (tertiary/aromatic N) is 1. The van der Waals surface area contributed by atoms with Gasteiger partial charge in [-0.15, -0.1) is 0 Å². The van der Waals surface area contributed by atoms with Crippen molar-refractivity contribution in [3.63, 3.8) is 0 Å². The molecule has 0 saturated carbocycles. The summed E-state index contributed by atoms with van der Waals surface area (Å²) >= 11 is 0. The number of hydrogen-bond donors (Lipinski definition) is 3. The SMILES string of the molecule is C=CC(=O)N(CC)CC(=O)NC(Cc1coc2ccccc12)B(O)O. The Bertz CT molecular complexity index is 758. The van der Waals surface area contributed by atoms with E-state index in [1.54, 1.807) is 6.92 Å². The molecule has 2 amide bonds. The number of furan rings is 1. The van der Waals surface area contributed by atoms with Crippen LogP contribution in [0.1, 0.15) is 12.5 Å². The molecule has 2 aromatic rings. The summed E-state index contributed by atoms with van der Waals surface area (Å²) in [6, 6.07) is 7.36. The molecule has 0 aliphatic carbocycles. The average molecular weight is 344 g/mol. The van der Waals surface area contributed by atoms with Crippen LogP contribution in [-0.2, 0) is 16.0 Å². The minimum atomic E-state index is -1.75. The lowest BCUT2D eigenvalue weighted by Gasteiger charge is -2.22. The van der Waals surface area contributed by atoms with Gasteiger partial charge in [-0.3, -0.25) is 9.59 Å². The predicted molar refractivity (Wildman–Crippen MR) is 94.5 cm³/mol. The summed E-state index contributed by atoms with van der Waals surface area (Å²) in [4.78, 5) is 25.1. The Hall–Kier alpha value is -2.58. The number of hydrogen-bond acceptors (Lipinski definition) is 5. The average Bonchev–Trinajstić information content (AvgIpc) is 3.01. The molecule has 0 spiro atoms. The van der Waals surface area contributed by atoms with Gasteiger partial charge < -0.3 is 24.7 Å². The highest BCUT2D eigenvalue weighted by Crippen LogP contribution is 2.22. The fraction of sp³-hybridized carbons (Fsp3) is 0.294. The van der Waals surface area contributed by atoms with Gasteiger partial charge in [0.05, 0.1) is 18.7 Å². The van der Waals surface area contributed by atoms with Crippen molar-refractivity contribution < 1.29 is 24.1 Å². The fourth-order valence-corrected chi connectivity index (χ4v) is 2.56. The lowest BCUT2D eigenvalue weighted by molar-refractivity contribution is -0.132. The summed E-state index contributed by atoms with van der Waals surface area (Å²) in [5.41, 5.74) is 1.44. The van der Waals surface area contributed by atoms with E-state index in [4.69, 9.17) is 4.42 Å². The Morgan fingerprint density at radius 3 is 2.76 bits per heavy atom. The van der Waals surface area contributed by atoms with Crippen LogP contribution in [0.4, 0.5) is 0 Å². The Morgan fingerprint density at radius 2 is 2.12 bits per heavy atom. The van der Waals surface area contributed by atoms with Crippen molar-refractivity contribution in [1.29, 1.82) is 0 Å². The molecule has 1 aromatic heterocycles. The van der Waals surface area contributed by atoms with Crippen LogP contribution < -0.4 is 5.32 Å². The monoisotopic (exact) mass is 344 g/mol. The second-order valence-electron chi connectivity index (χ2n) is 5.61. The van der Waals surface area contributed by atoms with Crippen molar-refractivity contribution in [2.45, 2.75) is 19.3 Å². The van der Waals surface area contributed by atoms with E-state index in [1.165, 1.54) is 11.2 Å². The fourth-order valence-electron chi connectivity index (χ4n) is 2.56. The number of likely N-dealkylation sites (N-methyl/N-ethyl adjacent to an activating group) is 1. The zero-order valence-corrected chi connectivity index (χ0v) is 14.0. The summed E-state index contributed by atoms with van der Waals surface area (Å²) < 4.78 is 5.42. The lowest BCUT2D eigenvalue weighted by atomic mass is 9.76. The van der Waals surface area contributed by atoms with Crippen molar-refractivity contribution >= 4 is 29.9 Å². The number of carbonyl (C=O) groups excluding carboxylic acids is 2. The number of para-hydroxylation sites is 1. The van der Waals surface area contributed by atoms with Gasteiger partial charge in [-0.2, -0.15) is 0 Å². The van der Waals surface area contributed by atoms with Crippen LogP contribution in [-0.4, -0.2) is 52.9 Å². The Morgan fingerprint density at radius 1 is 1.40 bits per heavy atom. The van der Waals surface area contributed by atoms with Crippen LogP contribution in [0.2, 0.25) is 0 Å². The van der Waals surface area contributed by atoms with Gasteiger partial charge in [0.1, 0.15) is 5.58 Å². The van der Waals surface area contributed by atoms with Crippen molar-refractivity contribution in [3.05, 3.63) is 48.7 Å². The first kappa shape index (κ1) is 18.8. The van der Waals surface area contributed by atoms with E-state index >= 15 is 0 Å². The maximum Gasteiger partial charge on any atom is 0.475 e. The van der Waals surface area contributed by atoms with Gasteiger partial charge in [0.25, 0.3) is 0 Å². The summed E-state index contributed by atoms with van der Waals surface area (Å²) in [5.74, 6) is -1.77. The first-order valence-electron chi connectivity index (χ1n) is 7.98. The zero-order chi connectivity index (χ0) is 18.4.